The van der Waals surface area contributed by atoms with E-state index in [0.29, 0.717) is 6.42 Å². The molecule has 1 heterocycles. The van der Waals surface area contributed by atoms with Crippen LogP contribution in [0.3, 0.4) is 0 Å². The Balaban J connectivity index is 1.77. The van der Waals surface area contributed by atoms with Crippen LogP contribution in [-0.2, 0) is 14.4 Å². The highest BCUT2D eigenvalue weighted by Gasteiger charge is 2.33. The van der Waals surface area contributed by atoms with Crippen LogP contribution in [0, 0.1) is 0 Å². The maximum Gasteiger partial charge on any atom is 0.236 e. The van der Waals surface area contributed by atoms with Crippen molar-refractivity contribution in [3.63, 3.8) is 0 Å². The summed E-state index contributed by atoms with van der Waals surface area (Å²) in [6.07, 6.45) is 9.27. The molecule has 4 nitrogen and oxygen atoms in total. The van der Waals surface area contributed by atoms with Crippen molar-refractivity contribution in [3.05, 3.63) is 23.8 Å². The maximum atomic E-state index is 11.7. The van der Waals surface area contributed by atoms with Gasteiger partial charge in [-0.2, -0.15) is 0 Å². The number of carbonyl (C=O) groups is 3. The van der Waals surface area contributed by atoms with E-state index < -0.39 is 0 Å². The zero-order valence-electron chi connectivity index (χ0n) is 9.65. The molecular weight excluding hydrogens is 218 g/mol. The van der Waals surface area contributed by atoms with E-state index in [1.807, 2.05) is 6.08 Å². The molecule has 0 atom stereocenters. The van der Waals surface area contributed by atoms with Crippen molar-refractivity contribution in [3.8, 4) is 0 Å². The lowest BCUT2D eigenvalue weighted by Crippen LogP contribution is -2.35. The molecule has 0 radical (unpaired) electrons. The molecule has 0 bridgehead atoms. The Morgan fingerprint density at radius 1 is 1.24 bits per heavy atom. The molecule has 3 amide bonds. The number of imide groups is 3. The van der Waals surface area contributed by atoms with Gasteiger partial charge in [0.05, 0.1) is 0 Å². The van der Waals surface area contributed by atoms with Crippen LogP contribution >= 0.6 is 0 Å². The highest BCUT2D eigenvalue weighted by molar-refractivity contribution is 6.14. The summed E-state index contributed by atoms with van der Waals surface area (Å²) in [5.74, 6) is -1.03. The van der Waals surface area contributed by atoms with E-state index in [9.17, 15) is 14.4 Å². The molecule has 1 aliphatic heterocycles. The van der Waals surface area contributed by atoms with E-state index in [0.717, 1.165) is 17.7 Å². The second kappa shape index (κ2) is 5.08. The van der Waals surface area contributed by atoms with Crippen molar-refractivity contribution < 1.29 is 14.4 Å². The highest BCUT2D eigenvalue weighted by atomic mass is 16.2. The molecule has 90 valence electrons. The van der Waals surface area contributed by atoms with Crippen LogP contribution < -0.4 is 0 Å². The predicted molar refractivity (Wildman–Crippen MR) is 61.8 cm³/mol. The first-order chi connectivity index (χ1) is 8.18. The van der Waals surface area contributed by atoms with E-state index in [1.54, 1.807) is 0 Å². The topological polar surface area (TPSA) is 54.5 Å². The van der Waals surface area contributed by atoms with Crippen LogP contribution in [-0.4, -0.2) is 22.6 Å². The van der Waals surface area contributed by atoms with Gasteiger partial charge in [-0.05, 0) is 19.3 Å². The van der Waals surface area contributed by atoms with Crippen LogP contribution in [0.25, 0.3) is 0 Å². The molecular formula is C13H15NO3. The van der Waals surface area contributed by atoms with Gasteiger partial charge < -0.3 is 0 Å². The number of allylic oxidation sites excluding steroid dienone is 4. The summed E-state index contributed by atoms with van der Waals surface area (Å²) in [6, 6.07) is 0. The van der Waals surface area contributed by atoms with Crippen molar-refractivity contribution >= 4 is 17.7 Å². The normalized spacial score (nSPS) is 19.1. The van der Waals surface area contributed by atoms with Crippen molar-refractivity contribution in [1.82, 2.24) is 4.90 Å². The average molecular weight is 233 g/mol. The lowest BCUT2D eigenvalue weighted by Gasteiger charge is -2.11. The summed E-state index contributed by atoms with van der Waals surface area (Å²) in [4.78, 5) is 35.1. The number of rotatable bonds is 4. The minimum atomic E-state index is -0.346. The Morgan fingerprint density at radius 2 is 1.94 bits per heavy atom. The minimum Gasteiger partial charge on any atom is -0.274 e. The van der Waals surface area contributed by atoms with Crippen LogP contribution in [0.15, 0.2) is 23.8 Å². The molecule has 2 aliphatic rings. The molecule has 1 aliphatic carbocycles. The Morgan fingerprint density at radius 3 is 2.53 bits per heavy atom. The van der Waals surface area contributed by atoms with Gasteiger partial charge in [0.2, 0.25) is 17.7 Å². The van der Waals surface area contributed by atoms with E-state index in [4.69, 9.17) is 0 Å². The fraction of sp³-hybridized carbons (Fsp3) is 0.462. The number of amides is 3. The van der Waals surface area contributed by atoms with Crippen molar-refractivity contribution in [2.24, 2.45) is 0 Å². The third-order valence-electron chi connectivity index (χ3n) is 3.04. The van der Waals surface area contributed by atoms with Gasteiger partial charge in [0, 0.05) is 19.3 Å². The van der Waals surface area contributed by atoms with Crippen molar-refractivity contribution in [2.75, 3.05) is 0 Å². The second-order valence-electron chi connectivity index (χ2n) is 4.33. The van der Waals surface area contributed by atoms with Crippen LogP contribution in [0.4, 0.5) is 0 Å². The third-order valence-corrected chi connectivity index (χ3v) is 3.04. The van der Waals surface area contributed by atoms with Crippen LogP contribution in [0.2, 0.25) is 0 Å². The molecule has 0 unspecified atom stereocenters. The van der Waals surface area contributed by atoms with E-state index >= 15 is 0 Å². The number of hydrogen-bond donors (Lipinski definition) is 0. The van der Waals surface area contributed by atoms with E-state index in [1.165, 1.54) is 5.57 Å². The van der Waals surface area contributed by atoms with Gasteiger partial charge in [-0.15, -0.1) is 0 Å². The lowest BCUT2D eigenvalue weighted by atomic mass is 10.1. The SMILES string of the molecule is O=C(CCCC1=CC=CC1)N1C(=O)CCC1=O. The van der Waals surface area contributed by atoms with Crippen LogP contribution in [0.5, 0.6) is 0 Å². The minimum absolute atomic E-state index is 0.180. The molecule has 1 saturated heterocycles. The summed E-state index contributed by atoms with van der Waals surface area (Å²) in [5.41, 5.74) is 1.30. The zero-order chi connectivity index (χ0) is 12.3. The summed E-state index contributed by atoms with van der Waals surface area (Å²) >= 11 is 0. The first-order valence-corrected chi connectivity index (χ1v) is 5.91. The molecule has 1 fully saturated rings. The van der Waals surface area contributed by atoms with Gasteiger partial charge in [-0.25, -0.2) is 4.90 Å². The molecule has 17 heavy (non-hydrogen) atoms. The zero-order valence-corrected chi connectivity index (χ0v) is 9.65. The van der Waals surface area contributed by atoms with E-state index in [-0.39, 0.29) is 37.0 Å². The summed E-state index contributed by atoms with van der Waals surface area (Å²) in [7, 11) is 0. The van der Waals surface area contributed by atoms with Gasteiger partial charge >= 0.3 is 0 Å². The fourth-order valence-corrected chi connectivity index (χ4v) is 2.11. The summed E-state index contributed by atoms with van der Waals surface area (Å²) < 4.78 is 0. The molecule has 0 aromatic rings. The smallest absolute Gasteiger partial charge is 0.236 e. The average Bonchev–Trinajstić information content (AvgIpc) is 2.89. The highest BCUT2D eigenvalue weighted by Crippen LogP contribution is 2.19. The second-order valence-corrected chi connectivity index (χ2v) is 4.33. The molecule has 2 rings (SSSR count). The lowest BCUT2D eigenvalue weighted by molar-refractivity contribution is -0.149. The Bertz CT molecular complexity index is 404. The number of hydrogen-bond acceptors (Lipinski definition) is 3. The molecule has 0 aromatic heterocycles. The summed E-state index contributed by atoms with van der Waals surface area (Å²) in [6.45, 7) is 0. The number of carbonyl (C=O) groups excluding carboxylic acids is 3. The molecule has 0 saturated carbocycles. The fourth-order valence-electron chi connectivity index (χ4n) is 2.11. The van der Waals surface area contributed by atoms with E-state index in [2.05, 4.69) is 12.2 Å². The van der Waals surface area contributed by atoms with Gasteiger partial charge in [0.25, 0.3) is 0 Å². The Hall–Kier alpha value is -1.71. The molecule has 0 N–H and O–H groups in total. The monoisotopic (exact) mass is 233 g/mol. The molecule has 4 heteroatoms. The maximum absolute atomic E-state index is 11.7. The molecule has 0 spiro atoms. The van der Waals surface area contributed by atoms with Gasteiger partial charge in [-0.1, -0.05) is 23.8 Å². The molecule has 0 aromatic carbocycles. The largest absolute Gasteiger partial charge is 0.274 e. The Kier molecular flexibility index (Phi) is 3.52. The van der Waals surface area contributed by atoms with Gasteiger partial charge in [0.1, 0.15) is 0 Å². The third kappa shape index (κ3) is 2.70. The van der Waals surface area contributed by atoms with Crippen LogP contribution in [0.1, 0.15) is 38.5 Å². The number of nitrogens with zero attached hydrogens (tertiary/aromatic N) is 1. The van der Waals surface area contributed by atoms with Crippen molar-refractivity contribution in [2.45, 2.75) is 38.5 Å². The quantitative estimate of drug-likeness (QED) is 0.695. The number of likely N-dealkylation sites (tertiary alicyclic amines) is 1. The first kappa shape index (κ1) is 11.8. The van der Waals surface area contributed by atoms with Crippen molar-refractivity contribution in [1.29, 1.82) is 0 Å². The Labute approximate surface area is 100.0 Å². The summed E-state index contributed by atoms with van der Waals surface area (Å²) in [5, 5.41) is 0. The van der Waals surface area contributed by atoms with Gasteiger partial charge in [-0.3, -0.25) is 14.4 Å². The standard InChI is InChI=1S/C13H15NO3/c15-11(14-12(16)8-9-13(14)17)7-3-6-10-4-1-2-5-10/h1-2,4H,3,5-9H2. The van der Waals surface area contributed by atoms with Gasteiger partial charge in [0.15, 0.2) is 0 Å². The predicted octanol–water partition coefficient (Wildman–Crippen LogP) is 1.72. The first-order valence-electron chi connectivity index (χ1n) is 5.91.